The molecule has 0 aromatic rings. The number of hydrogen-bond donors (Lipinski definition) is 0. The van der Waals surface area contributed by atoms with Crippen LogP contribution in [0.1, 0.15) is 80.1 Å². The number of halogens is 3. The van der Waals surface area contributed by atoms with Crippen LogP contribution in [0, 0.1) is 5.92 Å². The Balaban J connectivity index is 2.18. The minimum absolute atomic E-state index is 0.0157. The van der Waals surface area contributed by atoms with Crippen LogP contribution >= 0.6 is 0 Å². The third-order valence-corrected chi connectivity index (χ3v) is 5.49. The maximum absolute atomic E-state index is 13.4. The predicted octanol–water partition coefficient (Wildman–Crippen LogP) is 5.84. The molecule has 0 bridgehead atoms. The van der Waals surface area contributed by atoms with E-state index in [1.54, 1.807) is 0 Å². The topological polar surface area (TPSA) is 30.9 Å². The quantitative estimate of drug-likeness (QED) is 0.358. The molecule has 7 heteroatoms. The van der Waals surface area contributed by atoms with Crippen molar-refractivity contribution in [1.82, 2.24) is 4.90 Å². The highest BCUT2D eigenvalue weighted by molar-refractivity contribution is 4.84. The Morgan fingerprint density at radius 2 is 1.43 bits per heavy atom. The van der Waals surface area contributed by atoms with Gasteiger partial charge in [0.15, 0.2) is 6.10 Å². The second kappa shape index (κ2) is 12.6. The Kier molecular flexibility index (Phi) is 11.6. The van der Waals surface area contributed by atoms with Crippen LogP contribution in [0.25, 0.3) is 0 Å². The van der Waals surface area contributed by atoms with E-state index in [1.165, 1.54) is 0 Å². The van der Waals surface area contributed by atoms with Crippen molar-refractivity contribution in [2.45, 2.75) is 103 Å². The van der Waals surface area contributed by atoms with Gasteiger partial charge in [0.05, 0.1) is 18.8 Å². The molecule has 1 aliphatic heterocycles. The summed E-state index contributed by atoms with van der Waals surface area (Å²) in [6.45, 7) is 15.7. The highest BCUT2D eigenvalue weighted by atomic mass is 19.4. The lowest BCUT2D eigenvalue weighted by molar-refractivity contribution is -0.228. The van der Waals surface area contributed by atoms with E-state index in [1.807, 2.05) is 20.8 Å². The number of likely N-dealkylation sites (tertiary alicyclic amines) is 1. The molecule has 0 radical (unpaired) electrons. The SMILES string of the molecule is CC(C)(C)OCCCCCOCCOC(CC1CCN(C(C)(C)C)CC1)C(F)(F)F. The zero-order valence-electron chi connectivity index (χ0n) is 19.9. The molecule has 1 atom stereocenters. The van der Waals surface area contributed by atoms with Gasteiger partial charge in [-0.25, -0.2) is 0 Å². The van der Waals surface area contributed by atoms with E-state index in [2.05, 4.69) is 25.7 Å². The van der Waals surface area contributed by atoms with Crippen LogP contribution in [0.3, 0.4) is 0 Å². The van der Waals surface area contributed by atoms with E-state index < -0.39 is 12.3 Å². The second-order valence-corrected chi connectivity index (χ2v) is 10.4. The van der Waals surface area contributed by atoms with Crippen molar-refractivity contribution < 1.29 is 27.4 Å². The fourth-order valence-electron chi connectivity index (χ4n) is 3.65. The molecule has 0 aliphatic carbocycles. The molecule has 4 nitrogen and oxygen atoms in total. The number of rotatable bonds is 12. The fraction of sp³-hybridized carbons (Fsp3) is 1.00. The summed E-state index contributed by atoms with van der Waals surface area (Å²) in [4.78, 5) is 2.34. The molecule has 1 fully saturated rings. The average molecular weight is 440 g/mol. The third-order valence-electron chi connectivity index (χ3n) is 5.49. The van der Waals surface area contributed by atoms with E-state index in [0.29, 0.717) is 13.2 Å². The van der Waals surface area contributed by atoms with Crippen molar-refractivity contribution >= 4 is 0 Å². The second-order valence-electron chi connectivity index (χ2n) is 10.4. The molecule has 0 spiro atoms. The molecule has 0 saturated carbocycles. The zero-order valence-corrected chi connectivity index (χ0v) is 19.9. The van der Waals surface area contributed by atoms with Gasteiger partial charge in [-0.05, 0) is 99.1 Å². The van der Waals surface area contributed by atoms with Gasteiger partial charge in [-0.15, -0.1) is 0 Å². The van der Waals surface area contributed by atoms with Crippen LogP contribution in [-0.4, -0.2) is 67.8 Å². The number of piperidine rings is 1. The summed E-state index contributed by atoms with van der Waals surface area (Å²) < 4.78 is 56.5. The predicted molar refractivity (Wildman–Crippen MR) is 115 cm³/mol. The van der Waals surface area contributed by atoms with Crippen molar-refractivity contribution in [3.63, 3.8) is 0 Å². The molecule has 1 heterocycles. The lowest BCUT2D eigenvalue weighted by Crippen LogP contribution is -2.47. The summed E-state index contributed by atoms with van der Waals surface area (Å²) in [5.74, 6) is 0.0615. The van der Waals surface area contributed by atoms with Gasteiger partial charge >= 0.3 is 6.18 Å². The molecule has 0 amide bonds. The van der Waals surface area contributed by atoms with E-state index in [-0.39, 0.29) is 36.7 Å². The van der Waals surface area contributed by atoms with Crippen LogP contribution < -0.4 is 0 Å². The Labute approximate surface area is 181 Å². The van der Waals surface area contributed by atoms with Crippen LogP contribution in [-0.2, 0) is 14.2 Å². The van der Waals surface area contributed by atoms with Gasteiger partial charge < -0.3 is 14.2 Å². The minimum Gasteiger partial charge on any atom is -0.379 e. The first-order valence-electron chi connectivity index (χ1n) is 11.4. The number of ether oxygens (including phenoxy) is 3. The standard InChI is InChI=1S/C23H44F3NO3/c1-21(2,3)27-12-10-19(11-13-27)18-20(23(24,25)26)29-17-16-28-14-8-7-9-15-30-22(4,5)6/h19-20H,7-18H2,1-6H3. The summed E-state index contributed by atoms with van der Waals surface area (Å²) in [7, 11) is 0. The number of nitrogens with zero attached hydrogens (tertiary/aromatic N) is 1. The molecular formula is C23H44F3NO3. The maximum atomic E-state index is 13.4. The Morgan fingerprint density at radius 3 is 1.97 bits per heavy atom. The summed E-state index contributed by atoms with van der Waals surface area (Å²) in [5, 5.41) is 0. The molecule has 180 valence electrons. The normalized spacial score (nSPS) is 18.7. The average Bonchev–Trinajstić information content (AvgIpc) is 2.60. The summed E-state index contributed by atoms with van der Waals surface area (Å²) in [6.07, 6.45) is -1.56. The van der Waals surface area contributed by atoms with Crippen LogP contribution in [0.2, 0.25) is 0 Å². The summed E-state index contributed by atoms with van der Waals surface area (Å²) >= 11 is 0. The molecule has 0 N–H and O–H groups in total. The van der Waals surface area contributed by atoms with Crippen molar-refractivity contribution in [2.24, 2.45) is 5.92 Å². The van der Waals surface area contributed by atoms with Crippen molar-refractivity contribution in [3.8, 4) is 0 Å². The maximum Gasteiger partial charge on any atom is 0.414 e. The van der Waals surface area contributed by atoms with E-state index in [4.69, 9.17) is 14.2 Å². The van der Waals surface area contributed by atoms with Gasteiger partial charge in [-0.1, -0.05) is 0 Å². The minimum atomic E-state index is -4.33. The largest absolute Gasteiger partial charge is 0.414 e. The number of unbranched alkanes of at least 4 members (excludes halogenated alkanes) is 2. The van der Waals surface area contributed by atoms with E-state index in [9.17, 15) is 13.2 Å². The highest BCUT2D eigenvalue weighted by Crippen LogP contribution is 2.33. The van der Waals surface area contributed by atoms with E-state index in [0.717, 1.165) is 45.2 Å². The lowest BCUT2D eigenvalue weighted by atomic mass is 9.88. The first-order chi connectivity index (χ1) is 13.8. The zero-order chi connectivity index (χ0) is 22.8. The van der Waals surface area contributed by atoms with Gasteiger partial charge in [0.25, 0.3) is 0 Å². The van der Waals surface area contributed by atoms with Crippen LogP contribution in [0.4, 0.5) is 13.2 Å². The van der Waals surface area contributed by atoms with Crippen molar-refractivity contribution in [1.29, 1.82) is 0 Å². The number of hydrogen-bond acceptors (Lipinski definition) is 4. The molecule has 1 rings (SSSR count). The molecule has 0 aromatic carbocycles. The lowest BCUT2D eigenvalue weighted by Gasteiger charge is -2.41. The molecule has 30 heavy (non-hydrogen) atoms. The highest BCUT2D eigenvalue weighted by Gasteiger charge is 2.42. The smallest absolute Gasteiger partial charge is 0.379 e. The van der Waals surface area contributed by atoms with E-state index >= 15 is 0 Å². The van der Waals surface area contributed by atoms with Gasteiger partial charge in [0.2, 0.25) is 0 Å². The van der Waals surface area contributed by atoms with Gasteiger partial charge in [0, 0.05) is 18.8 Å². The molecule has 0 aromatic heterocycles. The summed E-state index contributed by atoms with van der Waals surface area (Å²) in [6, 6.07) is 0. The first-order valence-corrected chi connectivity index (χ1v) is 11.4. The molecule has 1 unspecified atom stereocenters. The van der Waals surface area contributed by atoms with Gasteiger partial charge in [-0.2, -0.15) is 13.2 Å². The molecular weight excluding hydrogens is 395 g/mol. The monoisotopic (exact) mass is 439 g/mol. The van der Waals surface area contributed by atoms with Crippen molar-refractivity contribution in [3.05, 3.63) is 0 Å². The van der Waals surface area contributed by atoms with Gasteiger partial charge in [0.1, 0.15) is 0 Å². The fourth-order valence-corrected chi connectivity index (χ4v) is 3.65. The first kappa shape index (κ1) is 27.7. The Morgan fingerprint density at radius 1 is 0.833 bits per heavy atom. The summed E-state index contributed by atoms with van der Waals surface area (Å²) in [5.41, 5.74) is -0.0473. The van der Waals surface area contributed by atoms with Crippen LogP contribution in [0.15, 0.2) is 0 Å². The van der Waals surface area contributed by atoms with Crippen LogP contribution in [0.5, 0.6) is 0 Å². The Bertz CT molecular complexity index is 450. The Hall–Kier alpha value is -0.370. The third kappa shape index (κ3) is 12.5. The molecule has 1 saturated heterocycles. The van der Waals surface area contributed by atoms with Crippen molar-refractivity contribution in [2.75, 3.05) is 39.5 Å². The van der Waals surface area contributed by atoms with Gasteiger partial charge in [-0.3, -0.25) is 4.90 Å². The number of alkyl halides is 3. The molecule has 1 aliphatic rings.